The van der Waals surface area contributed by atoms with E-state index in [2.05, 4.69) is 74.0 Å². The van der Waals surface area contributed by atoms with Crippen LogP contribution in [0.5, 0.6) is 0 Å². The lowest BCUT2D eigenvalue weighted by Gasteiger charge is -2.29. The van der Waals surface area contributed by atoms with Crippen molar-refractivity contribution in [2.24, 2.45) is 5.92 Å². The van der Waals surface area contributed by atoms with Crippen molar-refractivity contribution >= 4 is 22.9 Å². The Morgan fingerprint density at radius 3 is 2.55 bits per heavy atom. The zero-order valence-corrected chi connectivity index (χ0v) is 21.1. The van der Waals surface area contributed by atoms with E-state index in [1.54, 1.807) is 0 Å². The fraction of sp³-hybridized carbons (Fsp3) is 0.393. The maximum atomic E-state index is 13.1. The third kappa shape index (κ3) is 5.66. The summed E-state index contributed by atoms with van der Waals surface area (Å²) in [6.45, 7) is 12.7. The molecule has 2 aromatic carbocycles. The summed E-state index contributed by atoms with van der Waals surface area (Å²) in [5.41, 5.74) is 6.41. The van der Waals surface area contributed by atoms with Crippen molar-refractivity contribution in [2.45, 2.75) is 53.1 Å². The molecule has 1 saturated heterocycles. The quantitative estimate of drug-likeness (QED) is 0.380. The molecule has 1 unspecified atom stereocenters. The average Bonchev–Trinajstić information content (AvgIpc) is 3.11. The minimum atomic E-state index is -0.0829. The minimum Gasteiger partial charge on any atom is -0.380 e. The maximum absolute atomic E-state index is 13.1. The van der Waals surface area contributed by atoms with E-state index >= 15 is 0 Å². The molecular formula is C28H35N3OS. The van der Waals surface area contributed by atoms with E-state index in [0.29, 0.717) is 12.0 Å². The Morgan fingerprint density at radius 1 is 1.06 bits per heavy atom. The zero-order valence-electron chi connectivity index (χ0n) is 20.3. The molecular weight excluding hydrogens is 426 g/mol. The first-order chi connectivity index (χ1) is 15.8. The van der Waals surface area contributed by atoms with Gasteiger partial charge < -0.3 is 16.0 Å². The van der Waals surface area contributed by atoms with Crippen LogP contribution in [0.4, 0.5) is 5.69 Å². The van der Waals surface area contributed by atoms with E-state index in [4.69, 9.17) is 0 Å². The second kappa shape index (κ2) is 10.1. The Labute approximate surface area is 201 Å². The van der Waals surface area contributed by atoms with Crippen molar-refractivity contribution in [2.75, 3.05) is 18.4 Å². The summed E-state index contributed by atoms with van der Waals surface area (Å²) in [4.78, 5) is 15.9. The molecule has 4 nitrogen and oxygen atoms in total. The van der Waals surface area contributed by atoms with Crippen LogP contribution in [0.3, 0.4) is 0 Å². The average molecular weight is 462 g/mol. The van der Waals surface area contributed by atoms with Crippen LogP contribution in [0.25, 0.3) is 10.4 Å². The molecule has 1 amide bonds. The Balaban J connectivity index is 1.48. The Kier molecular flexibility index (Phi) is 7.20. The van der Waals surface area contributed by atoms with Gasteiger partial charge in [0.25, 0.3) is 5.91 Å². The normalized spacial score (nSPS) is 14.7. The summed E-state index contributed by atoms with van der Waals surface area (Å²) in [5, 5.41) is 9.96. The van der Waals surface area contributed by atoms with Crippen molar-refractivity contribution in [3.63, 3.8) is 0 Å². The van der Waals surface area contributed by atoms with Gasteiger partial charge in [-0.2, -0.15) is 0 Å². The number of anilines is 1. The molecule has 1 atom stereocenters. The number of carbonyl (C=O) groups is 1. The highest BCUT2D eigenvalue weighted by molar-refractivity contribution is 7.15. The summed E-state index contributed by atoms with van der Waals surface area (Å²) in [6.07, 6.45) is 1.12. The van der Waals surface area contributed by atoms with Crippen molar-refractivity contribution in [1.82, 2.24) is 10.6 Å². The van der Waals surface area contributed by atoms with E-state index in [1.165, 1.54) is 20.9 Å². The molecule has 4 rings (SSSR count). The van der Waals surface area contributed by atoms with E-state index in [1.807, 2.05) is 36.5 Å². The zero-order chi connectivity index (χ0) is 23.5. The largest absolute Gasteiger partial charge is 0.380 e. The molecule has 3 N–H and O–H groups in total. The Bertz CT molecular complexity index is 1130. The number of hydrogen-bond donors (Lipinski definition) is 3. The summed E-state index contributed by atoms with van der Waals surface area (Å²) >= 11 is 1.89. The van der Waals surface area contributed by atoms with Crippen molar-refractivity contribution in [1.29, 1.82) is 0 Å². The summed E-state index contributed by atoms with van der Waals surface area (Å²) in [6, 6.07) is 17.2. The molecule has 174 valence electrons. The molecule has 0 spiro atoms. The molecule has 0 aliphatic carbocycles. The second-order valence-electron chi connectivity index (χ2n) is 9.66. The molecule has 0 bridgehead atoms. The van der Waals surface area contributed by atoms with Crippen LogP contribution in [0.15, 0.2) is 48.5 Å². The molecule has 1 fully saturated rings. The number of amides is 1. The van der Waals surface area contributed by atoms with Crippen molar-refractivity contribution in [3.05, 3.63) is 75.7 Å². The molecule has 0 saturated carbocycles. The summed E-state index contributed by atoms with van der Waals surface area (Å²) in [5.74, 6) is 0.617. The summed E-state index contributed by atoms with van der Waals surface area (Å²) in [7, 11) is 0. The van der Waals surface area contributed by atoms with Gasteiger partial charge in [0.05, 0.1) is 12.1 Å². The molecule has 1 aliphatic heterocycles. The molecule has 0 radical (unpaired) electrons. The van der Waals surface area contributed by atoms with Crippen LogP contribution in [0, 0.1) is 19.8 Å². The highest BCUT2D eigenvalue weighted by Gasteiger charge is 2.19. The Hall–Kier alpha value is -2.63. The van der Waals surface area contributed by atoms with Gasteiger partial charge in [-0.3, -0.25) is 4.79 Å². The predicted molar refractivity (Wildman–Crippen MR) is 140 cm³/mol. The van der Waals surface area contributed by atoms with Crippen molar-refractivity contribution in [3.8, 4) is 10.4 Å². The number of hydrogen-bond acceptors (Lipinski definition) is 4. The molecule has 1 aromatic heterocycles. The fourth-order valence-electron chi connectivity index (χ4n) is 4.14. The lowest BCUT2D eigenvalue weighted by atomic mass is 10.0. The van der Waals surface area contributed by atoms with Gasteiger partial charge in [0.1, 0.15) is 0 Å². The topological polar surface area (TPSA) is 53.2 Å². The van der Waals surface area contributed by atoms with Crippen molar-refractivity contribution < 1.29 is 4.79 Å². The molecule has 3 aromatic rings. The molecule has 2 heterocycles. The lowest BCUT2D eigenvalue weighted by Crippen LogP contribution is -2.51. The molecule has 1 aliphatic rings. The fourth-order valence-corrected chi connectivity index (χ4v) is 5.52. The van der Waals surface area contributed by atoms with E-state index in [0.717, 1.165) is 41.9 Å². The third-order valence-electron chi connectivity index (χ3n) is 6.27. The van der Waals surface area contributed by atoms with Crippen LogP contribution in [0.1, 0.15) is 58.7 Å². The van der Waals surface area contributed by atoms with E-state index < -0.39 is 0 Å². The van der Waals surface area contributed by atoms with Gasteiger partial charge in [0.2, 0.25) is 0 Å². The molecule has 5 heteroatoms. The predicted octanol–water partition coefficient (Wildman–Crippen LogP) is 6.11. The van der Waals surface area contributed by atoms with Gasteiger partial charge in [-0.25, -0.2) is 0 Å². The van der Waals surface area contributed by atoms with Crippen LogP contribution in [-0.2, 0) is 6.42 Å². The van der Waals surface area contributed by atoms with Crippen LogP contribution >= 0.6 is 11.3 Å². The number of benzene rings is 2. The third-order valence-corrected chi connectivity index (χ3v) is 7.58. The Morgan fingerprint density at radius 2 is 1.85 bits per heavy atom. The number of thiophene rings is 1. The highest BCUT2D eigenvalue weighted by Crippen LogP contribution is 2.34. The van der Waals surface area contributed by atoms with Gasteiger partial charge in [-0.1, -0.05) is 38.1 Å². The molecule has 33 heavy (non-hydrogen) atoms. The van der Waals surface area contributed by atoms with Gasteiger partial charge in [0, 0.05) is 34.1 Å². The monoisotopic (exact) mass is 461 g/mol. The van der Waals surface area contributed by atoms with Gasteiger partial charge in [-0.05, 0) is 79.6 Å². The van der Waals surface area contributed by atoms with Crippen LogP contribution in [-0.4, -0.2) is 25.0 Å². The standard InChI is InChI=1S/C28H35N3OS/c1-17(2)11-26-19(4)12-27(33-26)22-8-6-7-21(13-22)20(5)30-28(32)25-14-23(10-9-18(25)3)31-24-15-29-16-24/h6-10,12-14,17,20,24,29,31H,11,15-16H2,1-5H3,(H,30,32). The first-order valence-electron chi connectivity index (χ1n) is 11.9. The van der Waals surface area contributed by atoms with Gasteiger partial charge in [0.15, 0.2) is 0 Å². The number of nitrogens with one attached hydrogen (secondary N) is 3. The minimum absolute atomic E-state index is 0.0352. The van der Waals surface area contributed by atoms with Crippen LogP contribution < -0.4 is 16.0 Å². The SMILES string of the molecule is Cc1ccc(NC2CNC2)cc1C(=O)NC(C)c1cccc(-c2cc(C)c(CC(C)C)s2)c1. The highest BCUT2D eigenvalue weighted by atomic mass is 32.1. The van der Waals surface area contributed by atoms with E-state index in [9.17, 15) is 4.79 Å². The number of carbonyl (C=O) groups excluding carboxylic acids is 1. The van der Waals surface area contributed by atoms with E-state index in [-0.39, 0.29) is 11.9 Å². The first-order valence-corrected chi connectivity index (χ1v) is 12.7. The smallest absolute Gasteiger partial charge is 0.252 e. The second-order valence-corrected chi connectivity index (χ2v) is 10.8. The van der Waals surface area contributed by atoms with Crippen LogP contribution in [0.2, 0.25) is 0 Å². The van der Waals surface area contributed by atoms with Gasteiger partial charge >= 0.3 is 0 Å². The number of aryl methyl sites for hydroxylation is 2. The number of rotatable bonds is 8. The van der Waals surface area contributed by atoms with Gasteiger partial charge in [-0.15, -0.1) is 11.3 Å². The summed E-state index contributed by atoms with van der Waals surface area (Å²) < 4.78 is 0. The lowest BCUT2D eigenvalue weighted by molar-refractivity contribution is 0.0939. The first kappa shape index (κ1) is 23.5. The maximum Gasteiger partial charge on any atom is 0.252 e.